The van der Waals surface area contributed by atoms with E-state index in [4.69, 9.17) is 0 Å². The molecule has 1 aliphatic rings. The van der Waals surface area contributed by atoms with Gasteiger partial charge >= 0.3 is 0 Å². The van der Waals surface area contributed by atoms with Gasteiger partial charge in [-0.2, -0.15) is 0 Å². The van der Waals surface area contributed by atoms with Crippen molar-refractivity contribution in [2.75, 3.05) is 6.54 Å². The van der Waals surface area contributed by atoms with Gasteiger partial charge in [0.15, 0.2) is 0 Å². The number of hydrogen-bond acceptors (Lipinski definition) is 2. The molecule has 8 heavy (non-hydrogen) atoms. The molecule has 1 fully saturated rings. The first-order chi connectivity index (χ1) is 3.80. The molecule has 0 aliphatic carbocycles. The Labute approximate surface area is 62.2 Å². The van der Waals surface area contributed by atoms with Gasteiger partial charge in [0.05, 0.1) is 6.04 Å². The number of nitrogens with one attached hydrogen (secondary N) is 1. The summed E-state index contributed by atoms with van der Waals surface area (Å²) in [6.07, 6.45) is 2.18. The fourth-order valence-electron chi connectivity index (χ4n) is 0.878. The molecule has 1 atom stereocenters. The van der Waals surface area contributed by atoms with Crippen molar-refractivity contribution in [1.29, 1.82) is 0 Å². The number of rotatable bonds is 1. The molecule has 46 valence electrons. The third-order valence-corrected chi connectivity index (χ3v) is 2.09. The van der Waals surface area contributed by atoms with Gasteiger partial charge in [-0.3, -0.25) is 4.79 Å². The van der Waals surface area contributed by atoms with Crippen LogP contribution in [0.5, 0.6) is 0 Å². The van der Waals surface area contributed by atoms with Crippen molar-refractivity contribution in [2.45, 2.75) is 18.9 Å². The first kappa shape index (κ1) is 6.48. The average Bonchev–Trinajstić information content (AvgIpc) is 2.12. The minimum Gasteiger partial charge on any atom is -0.307 e. The minimum atomic E-state index is 0.163. The first-order valence-electron chi connectivity index (χ1n) is 2.73. The van der Waals surface area contributed by atoms with Crippen molar-refractivity contribution >= 4 is 26.4 Å². The van der Waals surface area contributed by atoms with E-state index in [1.807, 2.05) is 22.6 Å². The topological polar surface area (TPSA) is 29.1 Å². The number of carbonyl (C=O) groups is 1. The van der Waals surface area contributed by atoms with Gasteiger partial charge in [0.1, 0.15) is 0 Å². The summed E-state index contributed by atoms with van der Waals surface area (Å²) in [5.74, 6) is 0. The third-order valence-electron chi connectivity index (χ3n) is 1.33. The van der Waals surface area contributed by atoms with Crippen molar-refractivity contribution in [1.82, 2.24) is 5.32 Å². The van der Waals surface area contributed by atoms with Crippen LogP contribution in [0.4, 0.5) is 0 Å². The molecule has 0 aromatic rings. The molecule has 0 radical (unpaired) electrons. The van der Waals surface area contributed by atoms with Gasteiger partial charge in [0, 0.05) is 22.6 Å². The van der Waals surface area contributed by atoms with Crippen molar-refractivity contribution in [3.8, 4) is 0 Å². The van der Waals surface area contributed by atoms with E-state index in [1.165, 1.54) is 0 Å². The van der Waals surface area contributed by atoms with E-state index in [1.54, 1.807) is 0 Å². The van der Waals surface area contributed by atoms with E-state index < -0.39 is 0 Å². The summed E-state index contributed by atoms with van der Waals surface area (Å²) in [7, 11) is 0. The molecule has 3 heteroatoms. The van der Waals surface area contributed by atoms with Crippen molar-refractivity contribution in [3.05, 3.63) is 0 Å². The Morgan fingerprint density at radius 1 is 1.75 bits per heavy atom. The smallest absolute Gasteiger partial charge is 0.209 e. The van der Waals surface area contributed by atoms with E-state index in [2.05, 4.69) is 5.32 Å². The lowest BCUT2D eigenvalue weighted by Gasteiger charge is -1.99. The summed E-state index contributed by atoms with van der Waals surface area (Å²) in [5, 5.41) is 3.10. The second kappa shape index (κ2) is 2.77. The van der Waals surface area contributed by atoms with Crippen LogP contribution in [0, 0.1) is 0 Å². The van der Waals surface area contributed by atoms with Crippen molar-refractivity contribution < 1.29 is 4.79 Å². The summed E-state index contributed by atoms with van der Waals surface area (Å²) >= 11 is 1.84. The van der Waals surface area contributed by atoms with E-state index >= 15 is 0 Å². The van der Waals surface area contributed by atoms with Gasteiger partial charge in [0.2, 0.25) is 3.79 Å². The van der Waals surface area contributed by atoms with Gasteiger partial charge in [-0.25, -0.2) is 0 Å². The average molecular weight is 225 g/mol. The minimum absolute atomic E-state index is 0.163. The van der Waals surface area contributed by atoms with E-state index in [9.17, 15) is 4.79 Å². The lowest BCUT2D eigenvalue weighted by molar-refractivity contribution is -0.110. The van der Waals surface area contributed by atoms with E-state index in [-0.39, 0.29) is 9.83 Å². The molecule has 1 saturated heterocycles. The van der Waals surface area contributed by atoms with Crippen LogP contribution < -0.4 is 5.32 Å². The normalized spacial score (nSPS) is 28.4. The molecule has 1 aliphatic heterocycles. The zero-order valence-electron chi connectivity index (χ0n) is 4.48. The Morgan fingerprint density at radius 2 is 2.50 bits per heavy atom. The van der Waals surface area contributed by atoms with Crippen LogP contribution in [0.1, 0.15) is 12.8 Å². The second-order valence-electron chi connectivity index (χ2n) is 1.95. The standard InChI is InChI=1S/C5H8INO/c6-5(8)4-2-1-3-7-4/h4,7H,1-3H2/t4-/m0/s1. The van der Waals surface area contributed by atoms with Crippen LogP contribution >= 0.6 is 22.6 Å². The van der Waals surface area contributed by atoms with Gasteiger partial charge in [-0.05, 0) is 19.4 Å². The van der Waals surface area contributed by atoms with Gasteiger partial charge in [-0.15, -0.1) is 0 Å². The van der Waals surface area contributed by atoms with Crippen LogP contribution in [-0.2, 0) is 4.79 Å². The third kappa shape index (κ3) is 1.42. The summed E-state index contributed by atoms with van der Waals surface area (Å²) in [4.78, 5) is 10.6. The predicted molar refractivity (Wildman–Crippen MR) is 40.1 cm³/mol. The quantitative estimate of drug-likeness (QED) is 0.525. The zero-order chi connectivity index (χ0) is 5.98. The van der Waals surface area contributed by atoms with E-state index in [0.29, 0.717) is 0 Å². The van der Waals surface area contributed by atoms with Crippen LogP contribution in [0.3, 0.4) is 0 Å². The molecule has 0 bridgehead atoms. The maximum absolute atomic E-state index is 10.6. The maximum Gasteiger partial charge on any atom is 0.209 e. The molecular weight excluding hydrogens is 217 g/mol. The first-order valence-corrected chi connectivity index (χ1v) is 3.81. The summed E-state index contributed by atoms with van der Waals surface area (Å²) < 4.78 is 0.250. The Balaban J connectivity index is 2.35. The largest absolute Gasteiger partial charge is 0.307 e. The number of halogens is 1. The van der Waals surface area contributed by atoms with Gasteiger partial charge < -0.3 is 5.32 Å². The lowest BCUT2D eigenvalue weighted by Crippen LogP contribution is -2.26. The van der Waals surface area contributed by atoms with Crippen LogP contribution in [0.25, 0.3) is 0 Å². The Morgan fingerprint density at radius 3 is 2.75 bits per heavy atom. The molecule has 0 saturated carbocycles. The fourth-order valence-corrected chi connectivity index (χ4v) is 1.41. The highest BCUT2D eigenvalue weighted by atomic mass is 127. The molecular formula is C5H8INO. The molecule has 0 unspecified atom stereocenters. The second-order valence-corrected chi connectivity index (χ2v) is 3.02. The number of carbonyl (C=O) groups excluding carboxylic acids is 1. The van der Waals surface area contributed by atoms with Crippen LogP contribution in [-0.4, -0.2) is 16.4 Å². The highest BCUT2D eigenvalue weighted by Gasteiger charge is 2.18. The Kier molecular flexibility index (Phi) is 2.25. The number of hydrogen-bond donors (Lipinski definition) is 1. The predicted octanol–water partition coefficient (Wildman–Crippen LogP) is 0.700. The van der Waals surface area contributed by atoms with Gasteiger partial charge in [0.25, 0.3) is 0 Å². The molecule has 1 heterocycles. The summed E-state index contributed by atoms with van der Waals surface area (Å²) in [5.41, 5.74) is 0. The molecule has 0 amide bonds. The zero-order valence-corrected chi connectivity index (χ0v) is 6.64. The van der Waals surface area contributed by atoms with Crippen molar-refractivity contribution in [3.63, 3.8) is 0 Å². The van der Waals surface area contributed by atoms with E-state index in [0.717, 1.165) is 19.4 Å². The molecule has 0 aromatic carbocycles. The van der Waals surface area contributed by atoms with Crippen molar-refractivity contribution in [2.24, 2.45) is 0 Å². The fraction of sp³-hybridized carbons (Fsp3) is 0.800. The maximum atomic E-state index is 10.6. The lowest BCUT2D eigenvalue weighted by atomic mass is 10.2. The highest BCUT2D eigenvalue weighted by Crippen LogP contribution is 2.08. The summed E-state index contributed by atoms with van der Waals surface area (Å²) in [6.45, 7) is 1.01. The summed E-state index contributed by atoms with van der Waals surface area (Å²) in [6, 6.07) is 0.163. The van der Waals surface area contributed by atoms with Gasteiger partial charge in [-0.1, -0.05) is 0 Å². The monoisotopic (exact) mass is 225 g/mol. The molecule has 0 spiro atoms. The SMILES string of the molecule is O=C(I)[C@@H]1CCCN1. The van der Waals surface area contributed by atoms with Crippen LogP contribution in [0.2, 0.25) is 0 Å². The molecule has 1 rings (SSSR count). The van der Waals surface area contributed by atoms with Crippen LogP contribution in [0.15, 0.2) is 0 Å². The Hall–Kier alpha value is 0.360. The highest BCUT2D eigenvalue weighted by molar-refractivity contribution is 14.1. The molecule has 0 aromatic heterocycles. The Bertz CT molecular complexity index is 98.6. The molecule has 2 nitrogen and oxygen atoms in total. The molecule has 1 N–H and O–H groups in total.